The summed E-state index contributed by atoms with van der Waals surface area (Å²) < 4.78 is 28.5. The fourth-order valence-corrected chi connectivity index (χ4v) is 9.46. The van der Waals surface area contributed by atoms with Crippen LogP contribution >= 0.6 is 0 Å². The first-order valence-electron chi connectivity index (χ1n) is 31.9. The summed E-state index contributed by atoms with van der Waals surface area (Å²) in [5.41, 5.74) is 0. The molecule has 6 atom stereocenters. The molecule has 0 spiro atoms. The van der Waals surface area contributed by atoms with E-state index in [0.717, 1.165) is 122 Å². The van der Waals surface area contributed by atoms with Gasteiger partial charge in [0.25, 0.3) is 0 Å². The van der Waals surface area contributed by atoms with Gasteiger partial charge >= 0.3 is 23.9 Å². The highest BCUT2D eigenvalue weighted by Crippen LogP contribution is 2.27. The van der Waals surface area contributed by atoms with Gasteiger partial charge in [-0.3, -0.25) is 14.4 Å². The number of aliphatic hydroxyl groups excluding tert-OH is 2. The number of carboxylic acids is 1. The molecule has 3 N–H and O–H groups in total. The number of esters is 3. The summed E-state index contributed by atoms with van der Waals surface area (Å²) in [5, 5.41) is 31.5. The number of rotatable bonds is 54. The Morgan fingerprint density at radius 1 is 0.430 bits per heavy atom. The third-order valence-corrected chi connectivity index (χ3v) is 14.3. The molecule has 0 bridgehead atoms. The maximum absolute atomic E-state index is 13.2. The van der Waals surface area contributed by atoms with Crippen molar-refractivity contribution < 1.29 is 58.2 Å². The quantitative estimate of drug-likeness (QED) is 0.0228. The van der Waals surface area contributed by atoms with Crippen LogP contribution in [0.2, 0.25) is 0 Å². The van der Waals surface area contributed by atoms with Crippen molar-refractivity contribution in [2.24, 2.45) is 0 Å². The fraction of sp³-hybridized carbons (Fsp3) is 0.761. The second-order valence-corrected chi connectivity index (χ2v) is 21.6. The SMILES string of the molecule is CC/C=C\C/C=C\C/C=C\CCCCCCCCCC(=O)OC1C(OCC(COC(=O)CCCCCCCCCCCCCCCCCCCCC)OC(=O)CCCCC/C=C\C/C=C\C/C=C\CC)OC(C(=O)O)C(O)C1O. The normalized spacial score (nSPS) is 18.3. The Bertz CT molecular complexity index is 1650. The smallest absolute Gasteiger partial charge is 0.335 e. The molecule has 79 heavy (non-hydrogen) atoms. The molecule has 1 heterocycles. The summed E-state index contributed by atoms with van der Waals surface area (Å²) in [6, 6.07) is 0. The number of aliphatic hydroxyl groups is 2. The number of hydrogen-bond donors (Lipinski definition) is 3. The summed E-state index contributed by atoms with van der Waals surface area (Å²) in [6.45, 7) is 5.77. The molecule has 12 nitrogen and oxygen atoms in total. The molecule has 1 aliphatic heterocycles. The average molecular weight is 1110 g/mol. The van der Waals surface area contributed by atoms with Gasteiger partial charge in [-0.1, -0.05) is 248 Å². The summed E-state index contributed by atoms with van der Waals surface area (Å²) in [5.74, 6) is -3.16. The Morgan fingerprint density at radius 3 is 1.23 bits per heavy atom. The minimum atomic E-state index is -1.91. The molecule has 0 radical (unpaired) electrons. The third kappa shape index (κ3) is 44.5. The topological polar surface area (TPSA) is 175 Å². The molecular weight excluding hydrogens is 997 g/mol. The second kappa shape index (κ2) is 54.7. The maximum atomic E-state index is 13.2. The minimum absolute atomic E-state index is 0.0447. The lowest BCUT2D eigenvalue weighted by molar-refractivity contribution is -0.301. The van der Waals surface area contributed by atoms with Crippen molar-refractivity contribution >= 4 is 23.9 Å². The third-order valence-electron chi connectivity index (χ3n) is 14.3. The predicted molar refractivity (Wildman–Crippen MR) is 322 cm³/mol. The molecule has 1 saturated heterocycles. The molecule has 6 unspecified atom stereocenters. The average Bonchev–Trinajstić information content (AvgIpc) is 3.46. The van der Waals surface area contributed by atoms with Gasteiger partial charge in [-0.2, -0.15) is 0 Å². The molecule has 1 rings (SSSR count). The Hall–Kier alpha value is -3.84. The molecular formula is C67H114O12. The highest BCUT2D eigenvalue weighted by molar-refractivity contribution is 5.74. The Balaban J connectivity index is 2.65. The summed E-state index contributed by atoms with van der Waals surface area (Å²) in [6.07, 6.45) is 57.3. The van der Waals surface area contributed by atoms with E-state index in [9.17, 15) is 34.5 Å². The van der Waals surface area contributed by atoms with Gasteiger partial charge < -0.3 is 39.0 Å². The van der Waals surface area contributed by atoms with E-state index in [1.165, 1.54) is 96.3 Å². The summed E-state index contributed by atoms with van der Waals surface area (Å²) in [4.78, 5) is 51.2. The number of allylic oxidation sites excluding steroid dienone is 12. The van der Waals surface area contributed by atoms with Crippen LogP contribution in [-0.4, -0.2) is 89.2 Å². The first-order chi connectivity index (χ1) is 38.6. The molecule has 0 saturated carbocycles. The number of unbranched alkanes of at least 4 members (excludes halogenated alkanes) is 28. The van der Waals surface area contributed by atoms with Gasteiger partial charge in [-0.25, -0.2) is 4.79 Å². The van der Waals surface area contributed by atoms with E-state index in [1.807, 2.05) is 0 Å². The first kappa shape index (κ1) is 73.2. The Morgan fingerprint density at radius 2 is 0.797 bits per heavy atom. The van der Waals surface area contributed by atoms with Gasteiger partial charge in [0.05, 0.1) is 6.61 Å². The summed E-state index contributed by atoms with van der Waals surface area (Å²) in [7, 11) is 0. The number of aliphatic carboxylic acids is 1. The molecule has 1 fully saturated rings. The minimum Gasteiger partial charge on any atom is -0.479 e. The van der Waals surface area contributed by atoms with Crippen LogP contribution in [0.3, 0.4) is 0 Å². The van der Waals surface area contributed by atoms with Crippen LogP contribution in [0.5, 0.6) is 0 Å². The van der Waals surface area contributed by atoms with Gasteiger partial charge in [0.1, 0.15) is 18.8 Å². The lowest BCUT2D eigenvalue weighted by Crippen LogP contribution is -2.61. The Kier molecular flexibility index (Phi) is 50.7. The molecule has 0 aliphatic carbocycles. The Labute approximate surface area is 480 Å². The van der Waals surface area contributed by atoms with E-state index in [2.05, 4.69) is 93.7 Å². The van der Waals surface area contributed by atoms with Gasteiger partial charge in [0, 0.05) is 19.3 Å². The zero-order valence-corrected chi connectivity index (χ0v) is 50.1. The van der Waals surface area contributed by atoms with E-state index >= 15 is 0 Å². The van der Waals surface area contributed by atoms with Gasteiger partial charge in [0.2, 0.25) is 0 Å². The number of ether oxygens (including phenoxy) is 5. The van der Waals surface area contributed by atoms with Crippen LogP contribution in [-0.2, 0) is 42.9 Å². The van der Waals surface area contributed by atoms with Crippen LogP contribution in [0.25, 0.3) is 0 Å². The largest absolute Gasteiger partial charge is 0.479 e. The van der Waals surface area contributed by atoms with Crippen molar-refractivity contribution in [2.75, 3.05) is 13.2 Å². The zero-order chi connectivity index (χ0) is 57.5. The molecule has 454 valence electrons. The lowest BCUT2D eigenvalue weighted by Gasteiger charge is -2.40. The van der Waals surface area contributed by atoms with Crippen molar-refractivity contribution in [2.45, 2.75) is 314 Å². The van der Waals surface area contributed by atoms with Crippen LogP contribution in [0.15, 0.2) is 72.9 Å². The molecule has 0 amide bonds. The van der Waals surface area contributed by atoms with Crippen molar-refractivity contribution in [1.82, 2.24) is 0 Å². The first-order valence-corrected chi connectivity index (χ1v) is 31.9. The lowest BCUT2D eigenvalue weighted by atomic mass is 9.98. The van der Waals surface area contributed by atoms with Crippen LogP contribution < -0.4 is 0 Å². The molecule has 0 aromatic carbocycles. The van der Waals surface area contributed by atoms with E-state index in [-0.39, 0.29) is 25.9 Å². The predicted octanol–water partition coefficient (Wildman–Crippen LogP) is 16.9. The van der Waals surface area contributed by atoms with Crippen molar-refractivity contribution in [3.8, 4) is 0 Å². The van der Waals surface area contributed by atoms with E-state index in [4.69, 9.17) is 23.7 Å². The van der Waals surface area contributed by atoms with Crippen LogP contribution in [0.4, 0.5) is 0 Å². The fourth-order valence-electron chi connectivity index (χ4n) is 9.46. The van der Waals surface area contributed by atoms with Gasteiger partial charge in [-0.05, 0) is 83.5 Å². The highest BCUT2D eigenvalue weighted by atomic mass is 16.7. The highest BCUT2D eigenvalue weighted by Gasteiger charge is 2.50. The second-order valence-electron chi connectivity index (χ2n) is 21.6. The molecule has 0 aromatic rings. The van der Waals surface area contributed by atoms with E-state index in [0.29, 0.717) is 19.3 Å². The van der Waals surface area contributed by atoms with Crippen LogP contribution in [0.1, 0.15) is 278 Å². The molecule has 0 aromatic heterocycles. The van der Waals surface area contributed by atoms with Crippen molar-refractivity contribution in [3.63, 3.8) is 0 Å². The summed E-state index contributed by atoms with van der Waals surface area (Å²) >= 11 is 0. The van der Waals surface area contributed by atoms with Gasteiger partial charge in [0.15, 0.2) is 24.6 Å². The van der Waals surface area contributed by atoms with E-state index in [1.54, 1.807) is 0 Å². The molecule has 12 heteroatoms. The maximum Gasteiger partial charge on any atom is 0.335 e. The number of carbonyl (C=O) groups is 4. The zero-order valence-electron chi connectivity index (χ0n) is 50.1. The number of carboxylic acid groups (broad SMARTS) is 1. The van der Waals surface area contributed by atoms with E-state index < -0.39 is 67.3 Å². The van der Waals surface area contributed by atoms with Crippen molar-refractivity contribution in [3.05, 3.63) is 72.9 Å². The monoisotopic (exact) mass is 1110 g/mol. The van der Waals surface area contributed by atoms with Crippen LogP contribution in [0, 0.1) is 0 Å². The number of carbonyl (C=O) groups excluding carboxylic acids is 3. The number of hydrogen-bond acceptors (Lipinski definition) is 11. The van der Waals surface area contributed by atoms with Crippen molar-refractivity contribution in [1.29, 1.82) is 0 Å². The molecule has 1 aliphatic rings. The van der Waals surface area contributed by atoms with Gasteiger partial charge in [-0.15, -0.1) is 0 Å². The standard InChI is InChI=1S/C67H114O12/c1-4-7-10-13-16-19-22-25-27-29-30-32-33-36-38-41-44-47-50-53-59(68)75-56-58(77-60(69)54-51-48-45-42-39-35-24-21-18-15-12-9-6-3)57-76-67-65(63(72)62(71)64(79-67)66(73)74)78-61(70)55-52-49-46-43-40-37-34-31-28-26-23-20-17-14-11-8-5-2/h8-9,11-12,17-18,20-21,26,28,35,39,58,62-65,67,71-72H,4-7,10,13-16,19,22-25,27,29-34,36-38,40-57H2,1-3H3,(H,73,74)/b11-8-,12-9-,20-17-,21-18-,28-26-,39-35-.